The zero-order valence-corrected chi connectivity index (χ0v) is 25.1. The number of fused-ring (bicyclic) bond motifs is 1. The van der Waals surface area contributed by atoms with Crippen LogP contribution in [0.25, 0.3) is 0 Å². The molecule has 0 spiro atoms. The van der Waals surface area contributed by atoms with E-state index in [1.54, 1.807) is 6.92 Å². The number of aliphatic hydroxyl groups is 1. The predicted octanol–water partition coefficient (Wildman–Crippen LogP) is 1.41. The molecule has 0 radical (unpaired) electrons. The van der Waals surface area contributed by atoms with Crippen LogP contribution in [0.15, 0.2) is 48.6 Å². The number of β-lactam (4-membered cyclic amide) rings is 1. The minimum Gasteiger partial charge on any atom is -0.457 e. The van der Waals surface area contributed by atoms with Crippen molar-refractivity contribution in [2.75, 3.05) is 39.5 Å². The van der Waals surface area contributed by atoms with Crippen molar-refractivity contribution in [3.63, 3.8) is 0 Å². The Morgan fingerprint density at radius 3 is 2.23 bits per heavy atom. The first-order valence-corrected chi connectivity index (χ1v) is 15.0. The van der Waals surface area contributed by atoms with Crippen LogP contribution in [-0.2, 0) is 28.6 Å². The molecule has 4 amide bonds. The maximum atomic E-state index is 13.2. The Morgan fingerprint density at radius 2 is 1.63 bits per heavy atom. The molecule has 0 aliphatic carbocycles. The monoisotopic (exact) mass is 618 g/mol. The molecule has 0 bridgehead atoms. The molecule has 234 valence electrons. The first-order chi connectivity index (χ1) is 20.5. The molecule has 14 heteroatoms. The Kier molecular flexibility index (Phi) is 10.2. The summed E-state index contributed by atoms with van der Waals surface area (Å²) in [6.45, 7) is 14.1. The van der Waals surface area contributed by atoms with Gasteiger partial charge in [0.05, 0.1) is 30.1 Å². The summed E-state index contributed by atoms with van der Waals surface area (Å²) in [6, 6.07) is -1.59. The Bertz CT molecular complexity index is 1220. The van der Waals surface area contributed by atoms with Crippen molar-refractivity contribution < 1.29 is 43.3 Å². The van der Waals surface area contributed by atoms with E-state index in [1.807, 2.05) is 6.92 Å². The highest BCUT2D eigenvalue weighted by atomic mass is 32.2. The van der Waals surface area contributed by atoms with Gasteiger partial charge in [-0.05, 0) is 13.3 Å². The van der Waals surface area contributed by atoms with E-state index in [0.717, 1.165) is 0 Å². The number of rotatable bonds is 11. The number of hydrogen-bond donors (Lipinski definition) is 2. The van der Waals surface area contributed by atoms with E-state index in [4.69, 9.17) is 14.2 Å². The Balaban J connectivity index is 1.64. The van der Waals surface area contributed by atoms with Gasteiger partial charge >= 0.3 is 18.2 Å². The van der Waals surface area contributed by atoms with Crippen LogP contribution in [0.3, 0.4) is 0 Å². The smallest absolute Gasteiger partial charge is 0.410 e. The van der Waals surface area contributed by atoms with Gasteiger partial charge in [-0.1, -0.05) is 44.9 Å². The zero-order chi connectivity index (χ0) is 31.4. The molecule has 0 saturated carbocycles. The van der Waals surface area contributed by atoms with Gasteiger partial charge in [-0.15, -0.1) is 11.8 Å². The number of piperazine rings is 1. The summed E-state index contributed by atoms with van der Waals surface area (Å²) in [5, 5.41) is 12.8. The van der Waals surface area contributed by atoms with Crippen LogP contribution in [0, 0.1) is 11.8 Å². The largest absolute Gasteiger partial charge is 0.457 e. The van der Waals surface area contributed by atoms with E-state index in [9.17, 15) is 29.1 Å². The summed E-state index contributed by atoms with van der Waals surface area (Å²) < 4.78 is 15.9. The van der Waals surface area contributed by atoms with Crippen molar-refractivity contribution in [2.45, 2.75) is 49.7 Å². The summed E-state index contributed by atoms with van der Waals surface area (Å²) in [5.41, 5.74) is 0.134. The van der Waals surface area contributed by atoms with Crippen LogP contribution in [0.4, 0.5) is 9.59 Å². The molecule has 4 aliphatic rings. The van der Waals surface area contributed by atoms with Crippen LogP contribution in [-0.4, -0.2) is 119 Å². The molecule has 2 N–H and O–H groups in total. The lowest BCUT2D eigenvalue weighted by Gasteiger charge is -2.46. The van der Waals surface area contributed by atoms with Gasteiger partial charge in [-0.3, -0.25) is 14.5 Å². The van der Waals surface area contributed by atoms with Gasteiger partial charge < -0.3 is 34.4 Å². The van der Waals surface area contributed by atoms with Crippen molar-refractivity contribution in [3.8, 4) is 0 Å². The number of amides is 4. The Labute approximate surface area is 254 Å². The number of nitrogens with one attached hydrogen (secondary N) is 1. The van der Waals surface area contributed by atoms with Crippen LogP contribution in [0.5, 0.6) is 0 Å². The molecule has 7 atom stereocenters. The second-order valence-electron chi connectivity index (χ2n) is 10.8. The second-order valence-corrected chi connectivity index (χ2v) is 12.1. The fourth-order valence-electron chi connectivity index (χ4n) is 6.16. The number of likely N-dealkylation sites (tertiary alicyclic amines) is 1. The average Bonchev–Trinajstić information content (AvgIpc) is 3.50. The molecule has 3 fully saturated rings. The van der Waals surface area contributed by atoms with Crippen molar-refractivity contribution >= 4 is 41.7 Å². The minimum absolute atomic E-state index is 0.0205. The molecular weight excluding hydrogens is 580 g/mol. The number of carbonyl (C=O) groups is 5. The van der Waals surface area contributed by atoms with E-state index < -0.39 is 48.3 Å². The average molecular weight is 619 g/mol. The van der Waals surface area contributed by atoms with Crippen molar-refractivity contribution in [3.05, 3.63) is 48.6 Å². The fourth-order valence-corrected chi connectivity index (χ4v) is 7.70. The van der Waals surface area contributed by atoms with Crippen LogP contribution >= 0.6 is 11.8 Å². The first kappa shape index (κ1) is 32.1. The summed E-state index contributed by atoms with van der Waals surface area (Å²) >= 11 is 1.37. The molecular formula is C29H38N4O9S. The molecule has 0 aromatic rings. The maximum absolute atomic E-state index is 13.2. The third kappa shape index (κ3) is 6.30. The van der Waals surface area contributed by atoms with Gasteiger partial charge in [0.25, 0.3) is 0 Å². The number of thioether (sulfide) groups is 1. The predicted molar refractivity (Wildman–Crippen MR) is 156 cm³/mol. The first-order valence-electron chi connectivity index (χ1n) is 14.1. The molecule has 1 unspecified atom stereocenters. The highest BCUT2D eigenvalue weighted by molar-refractivity contribution is 8.03. The highest BCUT2D eigenvalue weighted by Gasteiger charge is 2.60. The summed E-state index contributed by atoms with van der Waals surface area (Å²) in [4.78, 5) is 69.5. The molecule has 4 aliphatic heterocycles. The van der Waals surface area contributed by atoms with Gasteiger partial charge in [0.15, 0.2) is 0 Å². The second kappa shape index (κ2) is 13.7. The summed E-state index contributed by atoms with van der Waals surface area (Å²) in [6.07, 6.45) is 2.45. The quantitative estimate of drug-likeness (QED) is 0.150. The van der Waals surface area contributed by atoms with E-state index in [0.29, 0.717) is 11.3 Å². The highest BCUT2D eigenvalue weighted by Crippen LogP contribution is 2.52. The lowest BCUT2D eigenvalue weighted by Crippen LogP contribution is -2.63. The number of esters is 1. The molecule has 13 nitrogen and oxygen atoms in total. The SMILES string of the molecule is C=CCOC(=O)C1=C(S[C@H]2C[C@@H](C3CNC(=O)CN3C(=O)OCC=C)N(C(=O)OCC=C)C2)[C@H](C)[C@@H]2[C@@H]([C@@H](C)O)C(=O)N12. The summed E-state index contributed by atoms with van der Waals surface area (Å²) in [7, 11) is 0. The van der Waals surface area contributed by atoms with E-state index in [-0.39, 0.29) is 68.1 Å². The molecule has 0 aromatic heterocycles. The molecule has 4 heterocycles. The van der Waals surface area contributed by atoms with Gasteiger partial charge in [0.1, 0.15) is 32.1 Å². The third-order valence-electron chi connectivity index (χ3n) is 8.02. The van der Waals surface area contributed by atoms with Gasteiger partial charge in [0, 0.05) is 29.2 Å². The third-order valence-corrected chi connectivity index (χ3v) is 9.51. The van der Waals surface area contributed by atoms with E-state index >= 15 is 0 Å². The number of aliphatic hydroxyl groups excluding tert-OH is 1. The lowest BCUT2D eigenvalue weighted by molar-refractivity contribution is -0.164. The van der Waals surface area contributed by atoms with Crippen LogP contribution < -0.4 is 5.32 Å². The molecule has 4 rings (SSSR count). The van der Waals surface area contributed by atoms with Gasteiger partial charge in [0.2, 0.25) is 11.8 Å². The van der Waals surface area contributed by atoms with Crippen molar-refractivity contribution in [2.24, 2.45) is 11.8 Å². The van der Waals surface area contributed by atoms with Crippen LogP contribution in [0.2, 0.25) is 0 Å². The normalized spacial score (nSPS) is 28.9. The topological polar surface area (TPSA) is 155 Å². The number of hydrogen-bond acceptors (Lipinski definition) is 10. The van der Waals surface area contributed by atoms with Gasteiger partial charge in [-0.25, -0.2) is 14.4 Å². The standard InChI is InChI=1S/C29H38N4O9S/c1-6-9-40-27(37)24-25(16(4)23-22(17(5)34)26(36)33(23)24)43-18-12-19(31(14-18)28(38)41-10-7-2)20-13-30-21(35)15-32(20)29(39)42-11-8-3/h6-8,16-20,22-23,34H,1-3,9-15H2,4-5H3,(H,30,35)/t16-,17-,18+,19+,20?,22-,23-/m1/s1. The number of ether oxygens (including phenoxy) is 3. The van der Waals surface area contributed by atoms with Crippen molar-refractivity contribution in [1.82, 2.24) is 20.0 Å². The Hall–Kier alpha value is -3.78. The van der Waals surface area contributed by atoms with E-state index in [1.165, 1.54) is 44.7 Å². The zero-order valence-electron chi connectivity index (χ0n) is 24.3. The van der Waals surface area contributed by atoms with Gasteiger partial charge in [-0.2, -0.15) is 0 Å². The molecule has 0 aromatic carbocycles. The minimum atomic E-state index is -0.898. The summed E-state index contributed by atoms with van der Waals surface area (Å²) in [5.74, 6) is -2.31. The molecule has 43 heavy (non-hydrogen) atoms. The lowest BCUT2D eigenvalue weighted by atomic mass is 9.79. The number of nitrogens with zero attached hydrogens (tertiary/aromatic N) is 3. The number of carbonyl (C=O) groups excluding carboxylic acids is 5. The fraction of sp³-hybridized carbons (Fsp3) is 0.552. The maximum Gasteiger partial charge on any atom is 0.410 e. The van der Waals surface area contributed by atoms with Crippen molar-refractivity contribution in [1.29, 1.82) is 0 Å². The Morgan fingerprint density at radius 1 is 1.02 bits per heavy atom. The van der Waals surface area contributed by atoms with E-state index in [2.05, 4.69) is 25.1 Å². The molecule has 3 saturated heterocycles. The van der Waals surface area contributed by atoms with Crippen LogP contribution in [0.1, 0.15) is 20.3 Å².